The van der Waals surface area contributed by atoms with Gasteiger partial charge in [0.1, 0.15) is 6.04 Å². The van der Waals surface area contributed by atoms with Crippen molar-refractivity contribution in [3.05, 3.63) is 105 Å². The van der Waals surface area contributed by atoms with Crippen LogP contribution in [0, 0.1) is 16.0 Å². The molecule has 1 saturated carbocycles. The van der Waals surface area contributed by atoms with Gasteiger partial charge < -0.3 is 14.4 Å². The van der Waals surface area contributed by atoms with Gasteiger partial charge in [-0.2, -0.15) is 0 Å². The lowest BCUT2D eigenvalue weighted by Gasteiger charge is -2.33. The molecule has 0 spiro atoms. The Kier molecular flexibility index (Phi) is 9.55. The van der Waals surface area contributed by atoms with Crippen LogP contribution in [-0.2, 0) is 22.4 Å². The Morgan fingerprint density at radius 1 is 0.953 bits per heavy atom. The number of ketones is 1. The summed E-state index contributed by atoms with van der Waals surface area (Å²) >= 11 is 0. The molecule has 0 bridgehead atoms. The molecule has 3 aromatic rings. The van der Waals surface area contributed by atoms with E-state index >= 15 is 0 Å². The second-order valence-corrected chi connectivity index (χ2v) is 11.4. The van der Waals surface area contributed by atoms with Crippen molar-refractivity contribution in [3.63, 3.8) is 0 Å². The van der Waals surface area contributed by atoms with E-state index in [1.807, 2.05) is 48.5 Å². The SMILES string of the molecule is COc1ccc(CCN(C(=O)C2=Cc3ccccc3C2)C(C(=O)CC2CCCCC2)c2ccc([N+](=O)[O-])cc2)cc1OC. The Hall–Kier alpha value is -4.46. The molecule has 0 aromatic heterocycles. The lowest BCUT2D eigenvalue weighted by atomic mass is 9.83. The molecule has 8 heteroatoms. The summed E-state index contributed by atoms with van der Waals surface area (Å²) in [5, 5.41) is 11.4. The molecule has 2 aliphatic rings. The number of amides is 1. The van der Waals surface area contributed by atoms with Gasteiger partial charge in [0.05, 0.1) is 19.1 Å². The topological polar surface area (TPSA) is 99.0 Å². The third-order valence-corrected chi connectivity index (χ3v) is 8.64. The van der Waals surface area contributed by atoms with Gasteiger partial charge in [0, 0.05) is 37.1 Å². The lowest BCUT2D eigenvalue weighted by Crippen LogP contribution is -2.41. The van der Waals surface area contributed by atoms with E-state index in [1.165, 1.54) is 18.6 Å². The van der Waals surface area contributed by atoms with Gasteiger partial charge >= 0.3 is 0 Å². The van der Waals surface area contributed by atoms with Gasteiger partial charge in [-0.1, -0.05) is 62.4 Å². The van der Waals surface area contributed by atoms with Gasteiger partial charge in [0.2, 0.25) is 0 Å². The Morgan fingerprint density at radius 2 is 1.67 bits per heavy atom. The van der Waals surface area contributed by atoms with Gasteiger partial charge in [0.25, 0.3) is 11.6 Å². The second-order valence-electron chi connectivity index (χ2n) is 11.4. The maximum absolute atomic E-state index is 14.4. The fourth-order valence-electron chi connectivity index (χ4n) is 6.34. The van der Waals surface area contributed by atoms with Crippen molar-refractivity contribution in [1.82, 2.24) is 4.90 Å². The standard InChI is InChI=1S/C35H38N2O6/c1-42-32-17-12-25(21-33(32)43-2)18-19-36(35(39)29-22-27-10-6-7-11-28(27)23-29)34(26-13-15-30(16-14-26)37(40)41)31(38)20-24-8-4-3-5-9-24/h6-7,10-17,21-22,24,34H,3-5,8-9,18-20,23H2,1-2H3. The van der Waals surface area contributed by atoms with Crippen molar-refractivity contribution in [2.75, 3.05) is 20.8 Å². The van der Waals surface area contributed by atoms with Crippen LogP contribution in [0.1, 0.15) is 66.8 Å². The van der Waals surface area contributed by atoms with E-state index in [-0.39, 0.29) is 29.8 Å². The third kappa shape index (κ3) is 6.96. The van der Waals surface area contributed by atoms with Gasteiger partial charge in [0.15, 0.2) is 17.3 Å². The highest BCUT2D eigenvalue weighted by Gasteiger charge is 2.35. The summed E-state index contributed by atoms with van der Waals surface area (Å²) in [7, 11) is 3.16. The molecule has 1 unspecified atom stereocenters. The molecule has 0 radical (unpaired) electrons. The minimum Gasteiger partial charge on any atom is -0.493 e. The van der Waals surface area contributed by atoms with Gasteiger partial charge in [-0.15, -0.1) is 0 Å². The van der Waals surface area contributed by atoms with Gasteiger partial charge in [-0.3, -0.25) is 19.7 Å². The number of hydrogen-bond donors (Lipinski definition) is 0. The van der Waals surface area contributed by atoms with Crippen LogP contribution >= 0.6 is 0 Å². The first-order valence-electron chi connectivity index (χ1n) is 15.0. The van der Waals surface area contributed by atoms with E-state index in [9.17, 15) is 19.7 Å². The lowest BCUT2D eigenvalue weighted by molar-refractivity contribution is -0.384. The highest BCUT2D eigenvalue weighted by Crippen LogP contribution is 2.35. The van der Waals surface area contributed by atoms with Crippen molar-refractivity contribution in [2.24, 2.45) is 5.92 Å². The highest BCUT2D eigenvalue weighted by atomic mass is 16.6. The number of ether oxygens (including phenoxy) is 2. The molecule has 0 N–H and O–H groups in total. The molecule has 8 nitrogen and oxygen atoms in total. The summed E-state index contributed by atoms with van der Waals surface area (Å²) in [5.74, 6) is 1.25. The van der Waals surface area contributed by atoms with Crippen molar-refractivity contribution in [3.8, 4) is 11.5 Å². The number of rotatable bonds is 12. The van der Waals surface area contributed by atoms with E-state index < -0.39 is 11.0 Å². The molecular weight excluding hydrogens is 544 g/mol. The summed E-state index contributed by atoms with van der Waals surface area (Å²) in [5.41, 5.74) is 4.17. The monoisotopic (exact) mass is 582 g/mol. The Morgan fingerprint density at radius 3 is 2.35 bits per heavy atom. The third-order valence-electron chi connectivity index (χ3n) is 8.64. The summed E-state index contributed by atoms with van der Waals surface area (Å²) < 4.78 is 10.9. The molecule has 43 heavy (non-hydrogen) atoms. The predicted molar refractivity (Wildman–Crippen MR) is 165 cm³/mol. The maximum atomic E-state index is 14.4. The summed E-state index contributed by atoms with van der Waals surface area (Å²) in [4.78, 5) is 41.3. The molecule has 3 aromatic carbocycles. The first-order chi connectivity index (χ1) is 20.9. The number of methoxy groups -OCH3 is 2. The number of benzene rings is 3. The minimum absolute atomic E-state index is 0.0301. The highest BCUT2D eigenvalue weighted by molar-refractivity contribution is 6.03. The van der Waals surface area contributed by atoms with E-state index in [0.29, 0.717) is 41.9 Å². The minimum atomic E-state index is -0.861. The van der Waals surface area contributed by atoms with Crippen LogP contribution in [0.4, 0.5) is 5.69 Å². The van der Waals surface area contributed by atoms with Crippen LogP contribution in [-0.4, -0.2) is 42.3 Å². The van der Waals surface area contributed by atoms with Crippen molar-refractivity contribution in [2.45, 2.75) is 57.4 Å². The first-order valence-corrected chi connectivity index (χ1v) is 15.0. The van der Waals surface area contributed by atoms with Gasteiger partial charge in [-0.25, -0.2) is 0 Å². The van der Waals surface area contributed by atoms with Crippen LogP contribution in [0.3, 0.4) is 0 Å². The zero-order valence-corrected chi connectivity index (χ0v) is 24.8. The molecule has 224 valence electrons. The number of carbonyl (C=O) groups excluding carboxylic acids is 2. The number of nitro groups is 1. The smallest absolute Gasteiger partial charge is 0.269 e. The van der Waals surface area contributed by atoms with Crippen LogP contribution < -0.4 is 9.47 Å². The first kappa shape index (κ1) is 30.0. The molecule has 1 fully saturated rings. The predicted octanol–water partition coefficient (Wildman–Crippen LogP) is 6.90. The summed E-state index contributed by atoms with van der Waals surface area (Å²) in [6, 6.07) is 18.8. The molecule has 5 rings (SSSR count). The number of nitro benzene ring substituents is 1. The normalized spacial score (nSPS) is 15.3. The van der Waals surface area contributed by atoms with Crippen LogP contribution in [0.25, 0.3) is 6.08 Å². The molecule has 1 amide bonds. The number of carbonyl (C=O) groups is 2. The molecular formula is C35H38N2O6. The molecule has 1 atom stereocenters. The van der Waals surface area contributed by atoms with E-state index in [1.54, 1.807) is 31.3 Å². The Labute approximate surface area is 252 Å². The summed E-state index contributed by atoms with van der Waals surface area (Å²) in [6.45, 7) is 0.278. The molecule has 0 heterocycles. The zero-order valence-electron chi connectivity index (χ0n) is 24.8. The van der Waals surface area contributed by atoms with E-state index in [4.69, 9.17) is 9.47 Å². The summed E-state index contributed by atoms with van der Waals surface area (Å²) in [6.07, 6.45) is 8.65. The molecule has 2 aliphatic carbocycles. The Balaban J connectivity index is 1.51. The zero-order chi connectivity index (χ0) is 30.3. The van der Waals surface area contributed by atoms with Gasteiger partial charge in [-0.05, 0) is 64.9 Å². The van der Waals surface area contributed by atoms with Crippen molar-refractivity contribution in [1.29, 1.82) is 0 Å². The number of hydrogen-bond acceptors (Lipinski definition) is 6. The van der Waals surface area contributed by atoms with Crippen LogP contribution in [0.5, 0.6) is 11.5 Å². The van der Waals surface area contributed by atoms with E-state index in [2.05, 4.69) is 0 Å². The fraction of sp³-hybridized carbons (Fsp3) is 0.371. The van der Waals surface area contributed by atoms with E-state index in [0.717, 1.165) is 42.4 Å². The molecule has 0 aliphatic heterocycles. The number of fused-ring (bicyclic) bond motifs is 1. The Bertz CT molecular complexity index is 1510. The van der Waals surface area contributed by atoms with Crippen LogP contribution in [0.2, 0.25) is 0 Å². The fourth-order valence-corrected chi connectivity index (χ4v) is 6.34. The number of non-ortho nitro benzene ring substituents is 1. The van der Waals surface area contributed by atoms with Crippen LogP contribution in [0.15, 0.2) is 72.3 Å². The van der Waals surface area contributed by atoms with Crippen molar-refractivity contribution >= 4 is 23.5 Å². The number of Topliss-reactive ketones (excluding diaryl/α,β-unsaturated/α-hetero) is 1. The number of nitrogens with zero attached hydrogens (tertiary/aromatic N) is 2. The molecule has 0 saturated heterocycles. The average Bonchev–Trinajstić information content (AvgIpc) is 3.47. The maximum Gasteiger partial charge on any atom is 0.269 e. The average molecular weight is 583 g/mol. The second kappa shape index (κ2) is 13.7. The van der Waals surface area contributed by atoms with Crippen molar-refractivity contribution < 1.29 is 24.0 Å². The quantitative estimate of drug-likeness (QED) is 0.170. The largest absolute Gasteiger partial charge is 0.493 e.